The molecule has 0 heterocycles. The fourth-order valence-corrected chi connectivity index (χ4v) is 4.03. The summed E-state index contributed by atoms with van der Waals surface area (Å²) in [5.74, 6) is 0.626. The quantitative estimate of drug-likeness (QED) is 0.687. The van der Waals surface area contributed by atoms with Crippen molar-refractivity contribution in [3.05, 3.63) is 66.4 Å². The van der Waals surface area contributed by atoms with E-state index in [0.29, 0.717) is 5.92 Å². The lowest BCUT2D eigenvalue weighted by atomic mass is 10.0. The molecule has 0 bridgehead atoms. The number of para-hydroxylation sites is 1. The first-order valence-electron chi connectivity index (χ1n) is 8.78. The van der Waals surface area contributed by atoms with E-state index in [4.69, 9.17) is 0 Å². The van der Waals surface area contributed by atoms with Crippen LogP contribution in [0.2, 0.25) is 0 Å². The molecular formula is C21H24N2OS. The second-order valence-electron chi connectivity index (χ2n) is 6.38. The molecule has 130 valence electrons. The van der Waals surface area contributed by atoms with Gasteiger partial charge in [0.2, 0.25) is 0 Å². The maximum atomic E-state index is 12.3. The molecule has 3 nitrogen and oxygen atoms in total. The predicted octanol–water partition coefficient (Wildman–Crippen LogP) is 6.05. The Morgan fingerprint density at radius 3 is 2.48 bits per heavy atom. The SMILES string of the molecule is C/C(=C\NC(=O)Nc1ccccc1Sc1ccccc1)C1CCCC1. The Hall–Kier alpha value is -2.20. The number of carbonyl (C=O) groups is 1. The first-order valence-corrected chi connectivity index (χ1v) is 9.60. The van der Waals surface area contributed by atoms with E-state index in [0.717, 1.165) is 15.5 Å². The van der Waals surface area contributed by atoms with Gasteiger partial charge in [0.25, 0.3) is 0 Å². The van der Waals surface area contributed by atoms with Crippen LogP contribution in [-0.4, -0.2) is 6.03 Å². The molecule has 0 spiro atoms. The lowest BCUT2D eigenvalue weighted by Crippen LogP contribution is -2.25. The number of hydrogen-bond donors (Lipinski definition) is 2. The van der Waals surface area contributed by atoms with E-state index < -0.39 is 0 Å². The van der Waals surface area contributed by atoms with Gasteiger partial charge >= 0.3 is 6.03 Å². The minimum Gasteiger partial charge on any atom is -0.314 e. The van der Waals surface area contributed by atoms with Crippen LogP contribution in [0.3, 0.4) is 0 Å². The summed E-state index contributed by atoms with van der Waals surface area (Å²) in [7, 11) is 0. The van der Waals surface area contributed by atoms with Gasteiger partial charge in [-0.05, 0) is 49.9 Å². The van der Waals surface area contributed by atoms with Crippen LogP contribution in [-0.2, 0) is 0 Å². The van der Waals surface area contributed by atoms with Crippen molar-refractivity contribution < 1.29 is 4.79 Å². The Morgan fingerprint density at radius 2 is 1.72 bits per heavy atom. The molecule has 0 aromatic heterocycles. The van der Waals surface area contributed by atoms with Crippen molar-refractivity contribution in [1.29, 1.82) is 0 Å². The van der Waals surface area contributed by atoms with Gasteiger partial charge in [0.1, 0.15) is 0 Å². The number of hydrogen-bond acceptors (Lipinski definition) is 2. The lowest BCUT2D eigenvalue weighted by Gasteiger charge is -2.12. The number of benzene rings is 2. The Bertz CT molecular complexity index is 737. The van der Waals surface area contributed by atoms with Crippen molar-refractivity contribution in [1.82, 2.24) is 5.32 Å². The minimum absolute atomic E-state index is 0.196. The fraction of sp³-hybridized carbons (Fsp3) is 0.286. The first kappa shape index (κ1) is 17.6. The standard InChI is InChI=1S/C21H24N2OS/c1-16(17-9-5-6-10-17)15-22-21(24)23-19-13-7-8-14-20(19)25-18-11-3-2-4-12-18/h2-4,7-8,11-15,17H,5-6,9-10H2,1H3,(H2,22,23,24)/b16-15+. The number of urea groups is 1. The molecule has 1 saturated carbocycles. The third-order valence-electron chi connectivity index (χ3n) is 4.54. The topological polar surface area (TPSA) is 41.1 Å². The molecule has 0 unspecified atom stereocenters. The minimum atomic E-state index is -0.196. The third-order valence-corrected chi connectivity index (χ3v) is 5.62. The Kier molecular flexibility index (Phi) is 6.18. The zero-order valence-corrected chi connectivity index (χ0v) is 15.3. The number of rotatable bonds is 5. The van der Waals surface area contributed by atoms with Crippen molar-refractivity contribution in [2.24, 2.45) is 5.92 Å². The Morgan fingerprint density at radius 1 is 1.04 bits per heavy atom. The Balaban J connectivity index is 1.62. The van der Waals surface area contributed by atoms with Crippen molar-refractivity contribution in [2.75, 3.05) is 5.32 Å². The molecule has 0 saturated heterocycles. The van der Waals surface area contributed by atoms with Gasteiger partial charge in [0.15, 0.2) is 0 Å². The summed E-state index contributed by atoms with van der Waals surface area (Å²) in [6.07, 6.45) is 6.93. The molecule has 1 aliphatic carbocycles. The molecule has 2 aromatic carbocycles. The highest BCUT2D eigenvalue weighted by Gasteiger charge is 2.16. The van der Waals surface area contributed by atoms with Crippen LogP contribution in [0.15, 0.2) is 76.2 Å². The van der Waals surface area contributed by atoms with Crippen LogP contribution in [0.4, 0.5) is 10.5 Å². The van der Waals surface area contributed by atoms with Gasteiger partial charge in [-0.25, -0.2) is 4.79 Å². The predicted molar refractivity (Wildman–Crippen MR) is 105 cm³/mol. The highest BCUT2D eigenvalue weighted by atomic mass is 32.2. The molecular weight excluding hydrogens is 328 g/mol. The van der Waals surface area contributed by atoms with Crippen LogP contribution in [0, 0.1) is 5.92 Å². The average molecular weight is 353 g/mol. The molecule has 0 aliphatic heterocycles. The maximum Gasteiger partial charge on any atom is 0.323 e. The molecule has 1 aliphatic rings. The van der Waals surface area contributed by atoms with Crippen molar-refractivity contribution >= 4 is 23.5 Å². The summed E-state index contributed by atoms with van der Waals surface area (Å²) in [6, 6.07) is 17.8. The highest BCUT2D eigenvalue weighted by Crippen LogP contribution is 2.33. The molecule has 0 radical (unpaired) electrons. The normalized spacial score (nSPS) is 15.2. The van der Waals surface area contributed by atoms with E-state index in [-0.39, 0.29) is 6.03 Å². The Labute approximate surface area is 153 Å². The molecule has 2 amide bonds. The van der Waals surface area contributed by atoms with Crippen molar-refractivity contribution in [2.45, 2.75) is 42.4 Å². The monoisotopic (exact) mass is 352 g/mol. The first-order chi connectivity index (χ1) is 12.2. The lowest BCUT2D eigenvalue weighted by molar-refractivity contribution is 0.255. The van der Waals surface area contributed by atoms with E-state index in [2.05, 4.69) is 29.7 Å². The summed E-state index contributed by atoms with van der Waals surface area (Å²) in [5.41, 5.74) is 2.08. The average Bonchev–Trinajstić information content (AvgIpc) is 3.17. The van der Waals surface area contributed by atoms with Gasteiger partial charge in [0, 0.05) is 16.0 Å². The zero-order chi connectivity index (χ0) is 17.5. The van der Waals surface area contributed by atoms with Gasteiger partial charge in [-0.3, -0.25) is 0 Å². The summed E-state index contributed by atoms with van der Waals surface area (Å²) in [5, 5.41) is 5.84. The largest absolute Gasteiger partial charge is 0.323 e. The molecule has 2 N–H and O–H groups in total. The molecule has 25 heavy (non-hydrogen) atoms. The number of allylic oxidation sites excluding steroid dienone is 1. The van der Waals surface area contributed by atoms with Gasteiger partial charge in [-0.1, -0.05) is 60.5 Å². The molecule has 4 heteroatoms. The summed E-state index contributed by atoms with van der Waals surface area (Å²) in [6.45, 7) is 2.11. The van der Waals surface area contributed by atoms with Crippen LogP contribution in [0.1, 0.15) is 32.6 Å². The van der Waals surface area contributed by atoms with Gasteiger partial charge < -0.3 is 10.6 Å². The second-order valence-corrected chi connectivity index (χ2v) is 7.49. The molecule has 1 fully saturated rings. The van der Waals surface area contributed by atoms with Gasteiger partial charge in [0.05, 0.1) is 5.69 Å². The zero-order valence-electron chi connectivity index (χ0n) is 14.5. The number of carbonyl (C=O) groups excluding carboxylic acids is 1. The van der Waals surface area contributed by atoms with E-state index >= 15 is 0 Å². The van der Waals surface area contributed by atoms with Gasteiger partial charge in [-0.2, -0.15) is 0 Å². The van der Waals surface area contributed by atoms with Crippen LogP contribution in [0.25, 0.3) is 0 Å². The maximum absolute atomic E-state index is 12.3. The third kappa shape index (κ3) is 5.13. The molecule has 0 atom stereocenters. The summed E-state index contributed by atoms with van der Waals surface area (Å²) < 4.78 is 0. The van der Waals surface area contributed by atoms with Crippen LogP contribution < -0.4 is 10.6 Å². The van der Waals surface area contributed by atoms with Crippen LogP contribution >= 0.6 is 11.8 Å². The van der Waals surface area contributed by atoms with E-state index in [1.165, 1.54) is 31.3 Å². The number of anilines is 1. The van der Waals surface area contributed by atoms with Gasteiger partial charge in [-0.15, -0.1) is 0 Å². The summed E-state index contributed by atoms with van der Waals surface area (Å²) in [4.78, 5) is 14.4. The smallest absolute Gasteiger partial charge is 0.314 e. The number of amides is 2. The van der Waals surface area contributed by atoms with E-state index in [1.54, 1.807) is 11.8 Å². The van der Waals surface area contributed by atoms with E-state index in [1.807, 2.05) is 48.7 Å². The van der Waals surface area contributed by atoms with Crippen molar-refractivity contribution in [3.63, 3.8) is 0 Å². The second kappa shape index (κ2) is 8.77. The fourth-order valence-electron chi connectivity index (χ4n) is 3.11. The number of nitrogens with one attached hydrogen (secondary N) is 2. The van der Waals surface area contributed by atoms with Crippen molar-refractivity contribution in [3.8, 4) is 0 Å². The van der Waals surface area contributed by atoms with Crippen LogP contribution in [0.5, 0.6) is 0 Å². The highest BCUT2D eigenvalue weighted by molar-refractivity contribution is 7.99. The molecule has 3 rings (SSSR count). The van der Waals surface area contributed by atoms with E-state index in [9.17, 15) is 4.79 Å². The molecule has 2 aromatic rings. The summed E-state index contributed by atoms with van der Waals surface area (Å²) >= 11 is 1.64.